The first-order chi connectivity index (χ1) is 12.4. The minimum atomic E-state index is -3.58. The van der Waals surface area contributed by atoms with Gasteiger partial charge < -0.3 is 5.32 Å². The van der Waals surface area contributed by atoms with Gasteiger partial charge in [0.15, 0.2) is 5.13 Å². The minimum absolute atomic E-state index is 0.0877. The van der Waals surface area contributed by atoms with Crippen molar-refractivity contribution < 1.29 is 13.2 Å². The molecule has 0 spiro atoms. The van der Waals surface area contributed by atoms with Crippen LogP contribution in [0, 0.1) is 0 Å². The van der Waals surface area contributed by atoms with Crippen LogP contribution in [0.1, 0.15) is 34.0 Å². The topological polar surface area (TPSA) is 91.4 Å². The Morgan fingerprint density at radius 3 is 2.73 bits per heavy atom. The predicted octanol–water partition coefficient (Wildman–Crippen LogP) is 2.11. The fourth-order valence-corrected chi connectivity index (χ4v) is 4.75. The van der Waals surface area contributed by atoms with Crippen LogP contribution in [-0.2, 0) is 10.0 Å². The first-order valence-electron chi connectivity index (χ1n) is 8.38. The number of rotatable bonds is 5. The molecule has 0 unspecified atom stereocenters. The number of anilines is 1. The van der Waals surface area contributed by atoms with Gasteiger partial charge in [0.1, 0.15) is 0 Å². The first-order valence-corrected chi connectivity index (χ1v) is 10.6. The van der Waals surface area contributed by atoms with Crippen LogP contribution in [0.5, 0.6) is 0 Å². The van der Waals surface area contributed by atoms with Gasteiger partial charge in [0.2, 0.25) is 10.0 Å². The monoisotopic (exact) mass is 394 g/mol. The molecule has 1 aliphatic heterocycles. The molecule has 1 amide bonds. The Kier molecular flexibility index (Phi) is 5.71. The van der Waals surface area contributed by atoms with Gasteiger partial charge in [-0.2, -0.15) is 0 Å². The lowest BCUT2D eigenvalue weighted by Gasteiger charge is -2.20. The summed E-state index contributed by atoms with van der Waals surface area (Å²) < 4.78 is 25.6. The molecule has 0 atom stereocenters. The molecule has 9 heteroatoms. The number of sulfonamides is 1. The van der Waals surface area contributed by atoms with Crippen LogP contribution < -0.4 is 10.6 Å². The lowest BCUT2D eigenvalue weighted by Crippen LogP contribution is -2.26. The van der Waals surface area contributed by atoms with Gasteiger partial charge in [-0.3, -0.25) is 10.1 Å². The number of thiazole rings is 1. The molecule has 0 saturated carbocycles. The van der Waals surface area contributed by atoms with Crippen LogP contribution in [-0.4, -0.2) is 50.8 Å². The molecule has 0 radical (unpaired) electrons. The zero-order valence-corrected chi connectivity index (χ0v) is 16.4. The lowest BCUT2D eigenvalue weighted by atomic mass is 9.97. The summed E-state index contributed by atoms with van der Waals surface area (Å²) >= 11 is 1.48. The molecular weight excluding hydrogens is 372 g/mol. The van der Waals surface area contributed by atoms with E-state index in [0.717, 1.165) is 30.2 Å². The second-order valence-electron chi connectivity index (χ2n) is 6.36. The second kappa shape index (κ2) is 7.83. The third-order valence-electron chi connectivity index (χ3n) is 4.36. The van der Waals surface area contributed by atoms with Crippen molar-refractivity contribution in [2.24, 2.45) is 0 Å². The molecule has 2 aromatic rings. The molecule has 2 N–H and O–H groups in total. The summed E-state index contributed by atoms with van der Waals surface area (Å²) in [6, 6.07) is 6.01. The third-order valence-corrected chi connectivity index (χ3v) is 7.25. The van der Waals surface area contributed by atoms with Gasteiger partial charge >= 0.3 is 0 Å². The van der Waals surface area contributed by atoms with Crippen LogP contribution in [0.4, 0.5) is 5.13 Å². The van der Waals surface area contributed by atoms with E-state index in [0.29, 0.717) is 11.0 Å². The van der Waals surface area contributed by atoms with Gasteiger partial charge in [-0.25, -0.2) is 17.7 Å². The van der Waals surface area contributed by atoms with E-state index in [2.05, 4.69) is 15.6 Å². The fraction of sp³-hybridized carbons (Fsp3) is 0.412. The lowest BCUT2D eigenvalue weighted by molar-refractivity contribution is 0.102. The van der Waals surface area contributed by atoms with E-state index in [1.54, 1.807) is 12.1 Å². The van der Waals surface area contributed by atoms with Gasteiger partial charge in [-0.05, 0) is 50.0 Å². The maximum absolute atomic E-state index is 12.5. The zero-order valence-electron chi connectivity index (χ0n) is 14.7. The highest BCUT2D eigenvalue weighted by Gasteiger charge is 2.20. The summed E-state index contributed by atoms with van der Waals surface area (Å²) in [5, 5.41) is 6.63. The Morgan fingerprint density at radius 2 is 2.04 bits per heavy atom. The Balaban J connectivity index is 1.73. The number of carbonyl (C=O) groups excluding carboxylic acids is 1. The van der Waals surface area contributed by atoms with E-state index in [1.165, 1.54) is 42.4 Å². The van der Waals surface area contributed by atoms with E-state index in [4.69, 9.17) is 0 Å². The predicted molar refractivity (Wildman–Crippen MR) is 102 cm³/mol. The molecule has 26 heavy (non-hydrogen) atoms. The van der Waals surface area contributed by atoms with Crippen LogP contribution >= 0.6 is 11.3 Å². The van der Waals surface area contributed by atoms with Crippen molar-refractivity contribution in [1.82, 2.24) is 14.6 Å². The van der Waals surface area contributed by atoms with Gasteiger partial charge in [0.25, 0.3) is 5.91 Å². The molecule has 2 heterocycles. The Hall–Kier alpha value is -1.81. The molecule has 7 nitrogen and oxygen atoms in total. The number of aromatic nitrogens is 1. The Labute approximate surface area is 157 Å². The summed E-state index contributed by atoms with van der Waals surface area (Å²) in [5.41, 5.74) is 0.284. The SMILES string of the molecule is CN(C)S(=O)(=O)c1cccc(C(=O)Nc2ncc(C3CCNCC3)s2)c1. The van der Waals surface area contributed by atoms with E-state index >= 15 is 0 Å². The van der Waals surface area contributed by atoms with Gasteiger partial charge in [-0.15, -0.1) is 11.3 Å². The van der Waals surface area contributed by atoms with E-state index < -0.39 is 10.0 Å². The largest absolute Gasteiger partial charge is 0.317 e. The number of benzene rings is 1. The highest BCUT2D eigenvalue weighted by molar-refractivity contribution is 7.89. The zero-order chi connectivity index (χ0) is 18.7. The smallest absolute Gasteiger partial charge is 0.257 e. The van der Waals surface area contributed by atoms with Crippen molar-refractivity contribution in [3.05, 3.63) is 40.9 Å². The van der Waals surface area contributed by atoms with E-state index in [-0.39, 0.29) is 16.4 Å². The van der Waals surface area contributed by atoms with Crippen molar-refractivity contribution in [3.63, 3.8) is 0 Å². The summed E-state index contributed by atoms with van der Waals surface area (Å²) in [6.07, 6.45) is 3.96. The molecule has 1 aliphatic rings. The summed E-state index contributed by atoms with van der Waals surface area (Å²) in [4.78, 5) is 18.0. The van der Waals surface area contributed by atoms with E-state index in [9.17, 15) is 13.2 Å². The number of carbonyl (C=O) groups is 1. The second-order valence-corrected chi connectivity index (χ2v) is 9.58. The number of piperidine rings is 1. The summed E-state index contributed by atoms with van der Waals surface area (Å²) in [5.74, 6) is 0.111. The quantitative estimate of drug-likeness (QED) is 0.810. The van der Waals surface area contributed by atoms with Gasteiger partial charge in [0, 0.05) is 30.7 Å². The van der Waals surface area contributed by atoms with Crippen molar-refractivity contribution in [3.8, 4) is 0 Å². The minimum Gasteiger partial charge on any atom is -0.317 e. The van der Waals surface area contributed by atoms with Gasteiger partial charge in [-0.1, -0.05) is 6.07 Å². The van der Waals surface area contributed by atoms with E-state index in [1.807, 2.05) is 6.20 Å². The van der Waals surface area contributed by atoms with Crippen molar-refractivity contribution in [2.45, 2.75) is 23.7 Å². The number of hydrogen-bond donors (Lipinski definition) is 2. The molecule has 1 aromatic carbocycles. The Morgan fingerprint density at radius 1 is 1.31 bits per heavy atom. The molecule has 140 valence electrons. The van der Waals surface area contributed by atoms with Crippen LogP contribution in [0.3, 0.4) is 0 Å². The molecule has 1 fully saturated rings. The van der Waals surface area contributed by atoms with Crippen molar-refractivity contribution in [2.75, 3.05) is 32.5 Å². The number of amides is 1. The highest BCUT2D eigenvalue weighted by Crippen LogP contribution is 2.31. The van der Waals surface area contributed by atoms with Crippen molar-refractivity contribution in [1.29, 1.82) is 0 Å². The maximum Gasteiger partial charge on any atom is 0.257 e. The molecule has 1 aromatic heterocycles. The third kappa shape index (κ3) is 4.12. The number of hydrogen-bond acceptors (Lipinski definition) is 6. The number of nitrogens with one attached hydrogen (secondary N) is 2. The highest BCUT2D eigenvalue weighted by atomic mass is 32.2. The van der Waals surface area contributed by atoms with Crippen LogP contribution in [0.25, 0.3) is 0 Å². The van der Waals surface area contributed by atoms with Crippen LogP contribution in [0.2, 0.25) is 0 Å². The molecule has 0 bridgehead atoms. The number of nitrogens with zero attached hydrogens (tertiary/aromatic N) is 2. The fourth-order valence-electron chi connectivity index (χ4n) is 2.82. The average molecular weight is 395 g/mol. The average Bonchev–Trinajstić information content (AvgIpc) is 3.11. The standard InChI is InChI=1S/C17H22N4O3S2/c1-21(2)26(23,24)14-5-3-4-13(10-14)16(22)20-17-19-11-15(25-17)12-6-8-18-9-7-12/h3-5,10-12,18H,6-9H2,1-2H3,(H,19,20,22). The summed E-state index contributed by atoms with van der Waals surface area (Å²) in [6.45, 7) is 1.99. The summed E-state index contributed by atoms with van der Waals surface area (Å²) in [7, 11) is -0.665. The molecular formula is C17H22N4O3S2. The first kappa shape index (κ1) is 19.0. The molecule has 3 rings (SSSR count). The Bertz CT molecular complexity index is 887. The van der Waals surface area contributed by atoms with Gasteiger partial charge in [0.05, 0.1) is 4.90 Å². The van der Waals surface area contributed by atoms with Crippen molar-refractivity contribution >= 4 is 32.4 Å². The normalized spacial score (nSPS) is 16.0. The molecule has 0 aliphatic carbocycles. The maximum atomic E-state index is 12.5. The molecule has 1 saturated heterocycles. The van der Waals surface area contributed by atoms with Crippen LogP contribution in [0.15, 0.2) is 35.4 Å².